The number of carbonyl (C=O) groups is 3. The van der Waals surface area contributed by atoms with Crippen molar-refractivity contribution >= 4 is 23.4 Å². The minimum atomic E-state index is -0.534. The Balaban J connectivity index is 1.37. The Hall–Kier alpha value is -5.72. The first-order chi connectivity index (χ1) is 22.8. The second kappa shape index (κ2) is 13.7. The molecule has 5 aromatic rings. The fourth-order valence-electron chi connectivity index (χ4n) is 5.41. The van der Waals surface area contributed by atoms with Crippen molar-refractivity contribution in [1.29, 1.82) is 0 Å². The average molecular weight is 637 g/mol. The lowest BCUT2D eigenvalue weighted by molar-refractivity contribution is -0.123. The maximum Gasteiger partial charge on any atom is 0.274 e. The number of benzene rings is 2. The maximum absolute atomic E-state index is 13.8. The van der Waals surface area contributed by atoms with Crippen LogP contribution in [-0.4, -0.2) is 80.1 Å². The Morgan fingerprint density at radius 3 is 2.57 bits per heavy atom. The topological polar surface area (TPSA) is 145 Å². The highest BCUT2D eigenvalue weighted by atomic mass is 16.5. The molecule has 0 radical (unpaired) electrons. The fraction of sp³-hybridized carbons (Fsp3) is 0.294. The molecule has 0 saturated carbocycles. The number of rotatable bonds is 4. The van der Waals surface area contributed by atoms with Crippen molar-refractivity contribution in [1.82, 2.24) is 39.7 Å². The molecule has 0 unspecified atom stereocenters. The van der Waals surface area contributed by atoms with Gasteiger partial charge in [0.1, 0.15) is 17.9 Å². The highest BCUT2D eigenvalue weighted by Crippen LogP contribution is 2.29. The monoisotopic (exact) mass is 636 g/mol. The first-order valence-corrected chi connectivity index (χ1v) is 15.4. The van der Waals surface area contributed by atoms with Crippen molar-refractivity contribution in [2.45, 2.75) is 26.4 Å². The number of carbonyl (C=O) groups excluding carboxylic acids is 3. The lowest BCUT2D eigenvalue weighted by atomic mass is 10.0. The summed E-state index contributed by atoms with van der Waals surface area (Å²) in [7, 11) is 1.53. The van der Waals surface area contributed by atoms with Gasteiger partial charge in [-0.2, -0.15) is 5.10 Å². The zero-order valence-electron chi connectivity index (χ0n) is 26.4. The molecule has 0 saturated heterocycles. The van der Waals surface area contributed by atoms with Gasteiger partial charge in [-0.1, -0.05) is 50.2 Å². The average Bonchev–Trinajstić information content (AvgIpc) is 3.71. The van der Waals surface area contributed by atoms with Gasteiger partial charge < -0.3 is 29.4 Å². The van der Waals surface area contributed by atoms with Crippen LogP contribution in [0.3, 0.4) is 0 Å². The van der Waals surface area contributed by atoms with E-state index >= 15 is 0 Å². The van der Waals surface area contributed by atoms with Crippen LogP contribution in [0.15, 0.2) is 79.1 Å². The lowest BCUT2D eigenvalue weighted by Gasteiger charge is -2.25. The molecule has 4 heterocycles. The van der Waals surface area contributed by atoms with Crippen LogP contribution in [0.2, 0.25) is 0 Å². The predicted molar refractivity (Wildman–Crippen MR) is 173 cm³/mol. The number of nitrogens with one attached hydrogen (secondary N) is 2. The van der Waals surface area contributed by atoms with Gasteiger partial charge in [0.2, 0.25) is 5.91 Å². The third-order valence-electron chi connectivity index (χ3n) is 7.85. The summed E-state index contributed by atoms with van der Waals surface area (Å²) in [4.78, 5) is 51.3. The van der Waals surface area contributed by atoms with Crippen LogP contribution in [0.1, 0.15) is 46.6 Å². The van der Waals surface area contributed by atoms with Crippen molar-refractivity contribution in [2.75, 3.05) is 33.4 Å². The number of methoxy groups -OCH3 is 1. The molecule has 0 aliphatic carbocycles. The highest BCUT2D eigenvalue weighted by molar-refractivity contribution is 5.96. The van der Waals surface area contributed by atoms with Crippen LogP contribution in [0, 0.1) is 5.92 Å². The van der Waals surface area contributed by atoms with Gasteiger partial charge in [-0.25, -0.2) is 14.6 Å². The van der Waals surface area contributed by atoms with E-state index in [1.54, 1.807) is 45.7 Å². The molecule has 2 aromatic carbocycles. The van der Waals surface area contributed by atoms with Gasteiger partial charge >= 0.3 is 0 Å². The Bertz CT molecular complexity index is 1870. The molecule has 1 atom stereocenters. The van der Waals surface area contributed by atoms with E-state index < -0.39 is 11.9 Å². The van der Waals surface area contributed by atoms with E-state index in [1.165, 1.54) is 12.0 Å². The number of imidazole rings is 1. The molecule has 0 fully saturated rings. The summed E-state index contributed by atoms with van der Waals surface area (Å²) in [5.74, 6) is 0.661. The van der Waals surface area contributed by atoms with E-state index in [0.29, 0.717) is 40.9 Å². The summed E-state index contributed by atoms with van der Waals surface area (Å²) >= 11 is 0. The lowest BCUT2D eigenvalue weighted by Crippen LogP contribution is -2.46. The minimum Gasteiger partial charge on any atom is -0.493 e. The van der Waals surface area contributed by atoms with Crippen LogP contribution in [-0.2, 0) is 11.3 Å². The van der Waals surface area contributed by atoms with E-state index in [-0.39, 0.29) is 49.7 Å². The number of pyridine rings is 1. The number of amides is 3. The van der Waals surface area contributed by atoms with Crippen LogP contribution in [0.5, 0.6) is 11.5 Å². The Labute approximate surface area is 271 Å². The first-order valence-electron chi connectivity index (χ1n) is 15.4. The van der Waals surface area contributed by atoms with Gasteiger partial charge in [0.15, 0.2) is 23.1 Å². The summed E-state index contributed by atoms with van der Waals surface area (Å²) in [6.07, 6.45) is 3.42. The number of ether oxygens (including phenoxy) is 2. The molecule has 13 nitrogen and oxygen atoms in total. The molecule has 47 heavy (non-hydrogen) atoms. The third kappa shape index (κ3) is 6.93. The van der Waals surface area contributed by atoms with Gasteiger partial charge in [-0.3, -0.25) is 14.4 Å². The van der Waals surface area contributed by atoms with E-state index in [0.717, 1.165) is 5.56 Å². The molecule has 2 bridgehead atoms. The number of hydrogen-bond acceptors (Lipinski definition) is 8. The molecular weight excluding hydrogens is 600 g/mol. The van der Waals surface area contributed by atoms with Crippen molar-refractivity contribution < 1.29 is 23.9 Å². The molecule has 3 amide bonds. The van der Waals surface area contributed by atoms with E-state index in [4.69, 9.17) is 19.6 Å². The quantitative estimate of drug-likeness (QED) is 0.306. The maximum atomic E-state index is 13.8. The summed E-state index contributed by atoms with van der Waals surface area (Å²) < 4.78 is 15.1. The number of fused-ring (bicyclic) bond motifs is 4. The van der Waals surface area contributed by atoms with Crippen LogP contribution in [0.25, 0.3) is 17.0 Å². The third-order valence-corrected chi connectivity index (χ3v) is 7.85. The molecule has 1 aliphatic rings. The summed E-state index contributed by atoms with van der Waals surface area (Å²) in [6, 6.07) is 19.4. The normalized spacial score (nSPS) is 16.2. The highest BCUT2D eigenvalue weighted by Gasteiger charge is 2.28. The second-order valence-electron chi connectivity index (χ2n) is 11.5. The molecule has 0 spiro atoms. The summed E-state index contributed by atoms with van der Waals surface area (Å²) in [5, 5.41) is 10.7. The zero-order chi connectivity index (χ0) is 32.9. The predicted octanol–water partition coefficient (Wildman–Crippen LogP) is 3.38. The zero-order valence-corrected chi connectivity index (χ0v) is 26.4. The standard InChI is InChI=1S/C34H36N8O5/c1-22(2)30-32-38-31(23-9-5-4-6-10-23)39-42(32)17-18-47-27-19-24(12-13-26(27)46-3)33(44)35-14-16-41(21-29(43)37-30)34(45)25-20-40-15-8-7-11-28(40)36-25/h4-13,15,19-20,22,30H,14,16-18,21H2,1-3H3,(H,35,44)(H,37,43)/t30-/m1/s1. The van der Waals surface area contributed by atoms with E-state index in [1.807, 2.05) is 56.3 Å². The second-order valence-corrected chi connectivity index (χ2v) is 11.5. The number of hydrogen-bond donors (Lipinski definition) is 2. The number of aromatic nitrogens is 5. The molecular formula is C34H36N8O5. The van der Waals surface area contributed by atoms with Crippen molar-refractivity contribution in [3.63, 3.8) is 0 Å². The van der Waals surface area contributed by atoms with Gasteiger partial charge in [0.05, 0.1) is 26.2 Å². The molecule has 13 heteroatoms. The van der Waals surface area contributed by atoms with Gasteiger partial charge in [-0.15, -0.1) is 0 Å². The molecule has 242 valence electrons. The largest absolute Gasteiger partial charge is 0.493 e. The molecule has 2 N–H and O–H groups in total. The van der Waals surface area contributed by atoms with Crippen molar-refractivity contribution in [2.24, 2.45) is 5.92 Å². The Morgan fingerprint density at radius 2 is 1.81 bits per heavy atom. The van der Waals surface area contributed by atoms with Crippen LogP contribution in [0.4, 0.5) is 0 Å². The number of nitrogens with zero attached hydrogens (tertiary/aromatic N) is 6. The smallest absolute Gasteiger partial charge is 0.274 e. The van der Waals surface area contributed by atoms with Crippen molar-refractivity contribution in [3.05, 3.63) is 96.2 Å². The minimum absolute atomic E-state index is 0.0616. The first kappa shape index (κ1) is 31.3. The SMILES string of the molecule is COc1ccc2cc1OCCn1nc(-c3ccccc3)nc1[C@@H](C(C)C)NC(=O)CN(C(=O)c1cn3ccccc3n1)CCNC2=O. The van der Waals surface area contributed by atoms with Crippen LogP contribution >= 0.6 is 0 Å². The van der Waals surface area contributed by atoms with Gasteiger partial charge in [-0.05, 0) is 36.2 Å². The summed E-state index contributed by atoms with van der Waals surface area (Å²) in [5.41, 5.74) is 1.97. The molecule has 6 rings (SSSR count). The Kier molecular flexibility index (Phi) is 9.13. The Morgan fingerprint density at radius 1 is 1.00 bits per heavy atom. The van der Waals surface area contributed by atoms with Crippen LogP contribution < -0.4 is 20.1 Å². The molecule has 3 aromatic heterocycles. The summed E-state index contributed by atoms with van der Waals surface area (Å²) in [6.45, 7) is 4.34. The van der Waals surface area contributed by atoms with E-state index in [2.05, 4.69) is 15.6 Å². The van der Waals surface area contributed by atoms with Gasteiger partial charge in [0.25, 0.3) is 11.8 Å². The van der Waals surface area contributed by atoms with E-state index in [9.17, 15) is 14.4 Å². The fourth-order valence-corrected chi connectivity index (χ4v) is 5.41. The van der Waals surface area contributed by atoms with Crippen molar-refractivity contribution in [3.8, 4) is 22.9 Å². The van der Waals surface area contributed by atoms with Gasteiger partial charge in [0, 0.05) is 36.6 Å². The molecule has 1 aliphatic heterocycles.